The molecular formula is C14H22ClN3O2. The Kier molecular flexibility index (Phi) is 6.23. The number of nitrogens with one attached hydrogen (secondary N) is 1. The van der Waals surface area contributed by atoms with E-state index in [0.29, 0.717) is 24.4 Å². The Bertz CT molecular complexity index is 456. The molecule has 0 spiro atoms. The van der Waals surface area contributed by atoms with Gasteiger partial charge >= 0.3 is 5.97 Å². The van der Waals surface area contributed by atoms with Crippen LogP contribution in [0.3, 0.4) is 0 Å². The minimum atomic E-state index is -1.05. The fourth-order valence-electron chi connectivity index (χ4n) is 2.15. The van der Waals surface area contributed by atoms with Crippen LogP contribution >= 0.6 is 11.6 Å². The highest BCUT2D eigenvalue weighted by Gasteiger charge is 2.15. The van der Waals surface area contributed by atoms with Crippen molar-refractivity contribution in [2.45, 2.75) is 39.8 Å². The highest BCUT2D eigenvalue weighted by atomic mass is 35.5. The van der Waals surface area contributed by atoms with Crippen LogP contribution in [0.4, 0.5) is 5.82 Å². The quantitative estimate of drug-likeness (QED) is 0.810. The zero-order valence-corrected chi connectivity index (χ0v) is 13.1. The molecule has 0 radical (unpaired) electrons. The first kappa shape index (κ1) is 16.7. The van der Waals surface area contributed by atoms with E-state index in [2.05, 4.69) is 42.9 Å². The summed E-state index contributed by atoms with van der Waals surface area (Å²) in [6.07, 6.45) is 1.44. The second-order valence-corrected chi connectivity index (χ2v) is 5.56. The van der Waals surface area contributed by atoms with E-state index in [1.807, 2.05) is 0 Å². The predicted molar refractivity (Wildman–Crippen MR) is 81.7 cm³/mol. The molecule has 2 N–H and O–H groups in total. The zero-order valence-electron chi connectivity index (χ0n) is 12.4. The lowest BCUT2D eigenvalue weighted by molar-refractivity contribution is 0.0697. The SMILES string of the molecule is CC(C)N(CCNc1nccc(C(=O)O)c1Cl)C(C)C. The van der Waals surface area contributed by atoms with Gasteiger partial charge in [-0.2, -0.15) is 0 Å². The maximum Gasteiger partial charge on any atom is 0.337 e. The van der Waals surface area contributed by atoms with Gasteiger partial charge in [-0.3, -0.25) is 4.90 Å². The lowest BCUT2D eigenvalue weighted by atomic mass is 10.2. The van der Waals surface area contributed by atoms with Crippen LogP contribution in [0.2, 0.25) is 5.02 Å². The van der Waals surface area contributed by atoms with Crippen LogP contribution in [-0.2, 0) is 0 Å². The molecule has 1 aromatic rings. The van der Waals surface area contributed by atoms with Crippen molar-refractivity contribution < 1.29 is 9.90 Å². The summed E-state index contributed by atoms with van der Waals surface area (Å²) < 4.78 is 0. The monoisotopic (exact) mass is 299 g/mol. The third-order valence-corrected chi connectivity index (χ3v) is 3.49. The van der Waals surface area contributed by atoms with Gasteiger partial charge < -0.3 is 10.4 Å². The molecule has 0 aliphatic heterocycles. The Morgan fingerprint density at radius 1 is 1.40 bits per heavy atom. The molecule has 1 aromatic heterocycles. The van der Waals surface area contributed by atoms with Gasteiger partial charge in [-0.15, -0.1) is 0 Å². The number of aromatic nitrogens is 1. The molecule has 0 saturated carbocycles. The van der Waals surface area contributed by atoms with Crippen LogP contribution in [0.1, 0.15) is 38.1 Å². The Balaban J connectivity index is 2.67. The summed E-state index contributed by atoms with van der Waals surface area (Å²) >= 11 is 6.02. The molecule has 0 atom stereocenters. The largest absolute Gasteiger partial charge is 0.478 e. The van der Waals surface area contributed by atoms with Gasteiger partial charge in [0.1, 0.15) is 5.82 Å². The van der Waals surface area contributed by atoms with Crippen LogP contribution in [-0.4, -0.2) is 46.1 Å². The van der Waals surface area contributed by atoms with Crippen molar-refractivity contribution >= 4 is 23.4 Å². The van der Waals surface area contributed by atoms with Gasteiger partial charge in [-0.25, -0.2) is 9.78 Å². The molecular weight excluding hydrogens is 278 g/mol. The Morgan fingerprint density at radius 2 is 2.00 bits per heavy atom. The lowest BCUT2D eigenvalue weighted by Gasteiger charge is -2.30. The van der Waals surface area contributed by atoms with Crippen molar-refractivity contribution in [3.63, 3.8) is 0 Å². The minimum Gasteiger partial charge on any atom is -0.478 e. The van der Waals surface area contributed by atoms with E-state index >= 15 is 0 Å². The Hall–Kier alpha value is -1.33. The topological polar surface area (TPSA) is 65.5 Å². The number of rotatable bonds is 7. The number of carboxylic acids is 1. The predicted octanol–water partition coefficient (Wildman–Crippen LogP) is 2.96. The molecule has 1 rings (SSSR count). The van der Waals surface area contributed by atoms with Crippen molar-refractivity contribution in [2.75, 3.05) is 18.4 Å². The first-order valence-corrected chi connectivity index (χ1v) is 7.09. The van der Waals surface area contributed by atoms with Crippen LogP contribution in [0.5, 0.6) is 0 Å². The molecule has 0 aromatic carbocycles. The van der Waals surface area contributed by atoms with Gasteiger partial charge in [0.25, 0.3) is 0 Å². The van der Waals surface area contributed by atoms with Crippen molar-refractivity contribution in [1.29, 1.82) is 0 Å². The zero-order chi connectivity index (χ0) is 15.3. The molecule has 0 amide bonds. The second-order valence-electron chi connectivity index (χ2n) is 5.18. The van der Waals surface area contributed by atoms with Crippen LogP contribution in [0, 0.1) is 0 Å². The molecule has 0 unspecified atom stereocenters. The molecule has 5 nitrogen and oxygen atoms in total. The summed E-state index contributed by atoms with van der Waals surface area (Å²) in [5, 5.41) is 12.3. The maximum absolute atomic E-state index is 11.0. The van der Waals surface area contributed by atoms with Crippen LogP contribution < -0.4 is 5.32 Å². The second kappa shape index (κ2) is 7.45. The number of carboxylic acid groups (broad SMARTS) is 1. The van der Waals surface area contributed by atoms with E-state index in [9.17, 15) is 4.79 Å². The minimum absolute atomic E-state index is 0.0636. The number of anilines is 1. The van der Waals surface area contributed by atoms with Gasteiger partial charge in [-0.05, 0) is 33.8 Å². The van der Waals surface area contributed by atoms with Crippen molar-refractivity contribution in [1.82, 2.24) is 9.88 Å². The Labute approximate surface area is 125 Å². The third kappa shape index (κ3) is 4.35. The first-order chi connectivity index (χ1) is 9.34. The number of hydrogen-bond acceptors (Lipinski definition) is 4. The number of hydrogen-bond donors (Lipinski definition) is 2. The van der Waals surface area contributed by atoms with Gasteiger partial charge in [0.15, 0.2) is 0 Å². The summed E-state index contributed by atoms with van der Waals surface area (Å²) in [5.74, 6) is -0.634. The molecule has 0 fully saturated rings. The molecule has 1 heterocycles. The fraction of sp³-hybridized carbons (Fsp3) is 0.571. The fourth-order valence-corrected chi connectivity index (χ4v) is 2.41. The maximum atomic E-state index is 11.0. The normalized spacial score (nSPS) is 11.4. The van der Waals surface area contributed by atoms with Crippen molar-refractivity contribution in [3.05, 3.63) is 22.8 Å². The highest BCUT2D eigenvalue weighted by Crippen LogP contribution is 2.23. The average Bonchev–Trinajstić information content (AvgIpc) is 2.34. The number of carbonyl (C=O) groups is 1. The van der Waals surface area contributed by atoms with E-state index in [4.69, 9.17) is 16.7 Å². The average molecular weight is 300 g/mol. The molecule has 0 aliphatic rings. The number of pyridine rings is 1. The van der Waals surface area contributed by atoms with Crippen molar-refractivity contribution in [3.8, 4) is 0 Å². The summed E-state index contributed by atoms with van der Waals surface area (Å²) in [6, 6.07) is 2.29. The van der Waals surface area contributed by atoms with Crippen LogP contribution in [0.15, 0.2) is 12.3 Å². The molecule has 0 aliphatic carbocycles. The van der Waals surface area contributed by atoms with E-state index in [-0.39, 0.29) is 10.6 Å². The number of halogens is 1. The molecule has 112 valence electrons. The Morgan fingerprint density at radius 3 is 2.50 bits per heavy atom. The number of nitrogens with zero attached hydrogens (tertiary/aromatic N) is 2. The molecule has 0 saturated heterocycles. The summed E-state index contributed by atoms with van der Waals surface area (Å²) in [5.41, 5.74) is 0.0636. The van der Waals surface area contributed by atoms with Gasteiger partial charge in [0, 0.05) is 31.4 Å². The molecule has 20 heavy (non-hydrogen) atoms. The van der Waals surface area contributed by atoms with Crippen molar-refractivity contribution in [2.24, 2.45) is 0 Å². The summed E-state index contributed by atoms with van der Waals surface area (Å²) in [7, 11) is 0. The third-order valence-electron chi connectivity index (χ3n) is 3.11. The van der Waals surface area contributed by atoms with Gasteiger partial charge in [0.2, 0.25) is 0 Å². The highest BCUT2D eigenvalue weighted by molar-refractivity contribution is 6.35. The molecule has 0 bridgehead atoms. The lowest BCUT2D eigenvalue weighted by Crippen LogP contribution is -2.40. The first-order valence-electron chi connectivity index (χ1n) is 6.72. The van der Waals surface area contributed by atoms with E-state index in [0.717, 1.165) is 6.54 Å². The van der Waals surface area contributed by atoms with E-state index < -0.39 is 5.97 Å². The van der Waals surface area contributed by atoms with Gasteiger partial charge in [-0.1, -0.05) is 11.6 Å². The molecule has 6 heteroatoms. The van der Waals surface area contributed by atoms with E-state index in [1.54, 1.807) is 0 Å². The standard InChI is InChI=1S/C14H22ClN3O2/c1-9(2)18(10(3)4)8-7-17-13-12(15)11(14(19)20)5-6-16-13/h5-6,9-10H,7-8H2,1-4H3,(H,16,17)(H,19,20). The van der Waals surface area contributed by atoms with Crippen LogP contribution in [0.25, 0.3) is 0 Å². The van der Waals surface area contributed by atoms with Gasteiger partial charge in [0.05, 0.1) is 10.6 Å². The summed E-state index contributed by atoms with van der Waals surface area (Å²) in [4.78, 5) is 17.4. The number of aromatic carboxylic acids is 1. The smallest absolute Gasteiger partial charge is 0.337 e. The summed E-state index contributed by atoms with van der Waals surface area (Å²) in [6.45, 7) is 10.1. The van der Waals surface area contributed by atoms with E-state index in [1.165, 1.54) is 12.3 Å².